The number of amides is 2. The maximum atomic E-state index is 14.3. The second-order valence-corrected chi connectivity index (χ2v) is 8.16. The number of carbonyl (C=O) groups is 1. The lowest BCUT2D eigenvalue weighted by molar-refractivity contribution is 0.0645. The molecule has 0 saturated carbocycles. The van der Waals surface area contributed by atoms with E-state index in [-0.39, 0.29) is 41.3 Å². The second kappa shape index (κ2) is 12.8. The summed E-state index contributed by atoms with van der Waals surface area (Å²) in [5, 5.41) is 2.19. The molecule has 2 heterocycles. The molecule has 2 aromatic heterocycles. The first-order chi connectivity index (χ1) is 15.8. The van der Waals surface area contributed by atoms with Gasteiger partial charge >= 0.3 is 6.03 Å². The van der Waals surface area contributed by atoms with Gasteiger partial charge in [0.1, 0.15) is 11.1 Å². The lowest BCUT2D eigenvalue weighted by atomic mass is 10.2. The number of anilines is 1. The summed E-state index contributed by atoms with van der Waals surface area (Å²) in [6, 6.07) is 2.81. The van der Waals surface area contributed by atoms with Crippen molar-refractivity contribution in [2.24, 2.45) is 0 Å². The molecule has 0 aliphatic rings. The van der Waals surface area contributed by atoms with Gasteiger partial charge in [-0.05, 0) is 18.6 Å². The van der Waals surface area contributed by atoms with E-state index in [1.807, 2.05) is 4.72 Å². The summed E-state index contributed by atoms with van der Waals surface area (Å²) >= 11 is 0. The molecule has 0 bridgehead atoms. The minimum atomic E-state index is -4.39. The zero-order valence-electron chi connectivity index (χ0n) is 18.4. The minimum absolute atomic E-state index is 0.0508. The molecule has 0 spiro atoms. The number of aromatic nitrogens is 3. The number of hydrogen-bond donors (Lipinski definition) is 2. The van der Waals surface area contributed by atoms with Crippen LogP contribution in [0.2, 0.25) is 0 Å². The quantitative estimate of drug-likeness (QED) is 0.396. The summed E-state index contributed by atoms with van der Waals surface area (Å²) < 4.78 is 61.7. The first-order valence-electron chi connectivity index (χ1n) is 9.74. The molecule has 2 N–H and O–H groups in total. The summed E-state index contributed by atoms with van der Waals surface area (Å²) in [4.78, 5) is 23.7. The molecule has 0 aliphatic carbocycles. The van der Waals surface area contributed by atoms with Gasteiger partial charge in [-0.25, -0.2) is 22.3 Å². The van der Waals surface area contributed by atoms with Gasteiger partial charge in [-0.15, -0.1) is 0 Å². The fourth-order valence-corrected chi connectivity index (χ4v) is 3.69. The number of hydrogen-bond acceptors (Lipinski definition) is 10. The van der Waals surface area contributed by atoms with Crippen molar-refractivity contribution in [2.45, 2.75) is 23.9 Å². The normalized spacial score (nSPS) is 12.1. The largest absolute Gasteiger partial charge is 0.481 e. The number of sulfonamides is 1. The van der Waals surface area contributed by atoms with Crippen LogP contribution in [-0.4, -0.2) is 76.7 Å². The van der Waals surface area contributed by atoms with Gasteiger partial charge < -0.3 is 18.9 Å². The van der Waals surface area contributed by atoms with Crippen molar-refractivity contribution in [3.8, 4) is 11.8 Å². The number of halogens is 1. The van der Waals surface area contributed by atoms with E-state index >= 15 is 0 Å². The van der Waals surface area contributed by atoms with E-state index in [0.29, 0.717) is 19.6 Å². The number of rotatable bonds is 13. The number of ether oxygens (including phenoxy) is 4. The van der Waals surface area contributed by atoms with Crippen molar-refractivity contribution < 1.29 is 36.6 Å². The van der Waals surface area contributed by atoms with Crippen LogP contribution in [0.4, 0.5) is 15.1 Å². The van der Waals surface area contributed by atoms with Crippen LogP contribution in [0.25, 0.3) is 0 Å². The molecule has 1 unspecified atom stereocenters. The maximum Gasteiger partial charge on any atom is 0.335 e. The predicted octanol–water partition coefficient (Wildman–Crippen LogP) is 1.33. The molecule has 12 nitrogen and oxygen atoms in total. The number of pyridine rings is 1. The van der Waals surface area contributed by atoms with Gasteiger partial charge in [0.25, 0.3) is 10.0 Å². The monoisotopic (exact) mass is 487 g/mol. The van der Waals surface area contributed by atoms with E-state index in [9.17, 15) is 17.6 Å². The van der Waals surface area contributed by atoms with Gasteiger partial charge in [-0.3, -0.25) is 10.3 Å². The highest BCUT2D eigenvalue weighted by Crippen LogP contribution is 2.18. The average Bonchev–Trinajstić information content (AvgIpc) is 2.78. The first kappa shape index (κ1) is 26.2. The second-order valence-electron chi connectivity index (χ2n) is 6.51. The number of methoxy groups -OCH3 is 3. The van der Waals surface area contributed by atoms with Crippen molar-refractivity contribution in [2.75, 3.05) is 46.5 Å². The summed E-state index contributed by atoms with van der Waals surface area (Å²) in [5.41, 5.74) is -0.0508. The lowest BCUT2D eigenvalue weighted by Gasteiger charge is -2.13. The van der Waals surface area contributed by atoms with E-state index in [0.717, 1.165) is 0 Å². The van der Waals surface area contributed by atoms with Gasteiger partial charge in [-0.1, -0.05) is 0 Å². The lowest BCUT2D eigenvalue weighted by Crippen LogP contribution is -2.35. The third-order valence-corrected chi connectivity index (χ3v) is 5.44. The van der Waals surface area contributed by atoms with Crippen LogP contribution in [0.5, 0.6) is 11.8 Å². The summed E-state index contributed by atoms with van der Waals surface area (Å²) in [6.45, 7) is 0.560. The molecule has 33 heavy (non-hydrogen) atoms. The highest BCUT2D eigenvalue weighted by atomic mass is 32.2. The molecule has 182 valence electrons. The third kappa shape index (κ3) is 8.40. The molecule has 0 fully saturated rings. The van der Waals surface area contributed by atoms with Gasteiger partial charge in [-0.2, -0.15) is 9.97 Å². The van der Waals surface area contributed by atoms with Crippen LogP contribution in [0.3, 0.4) is 0 Å². The summed E-state index contributed by atoms with van der Waals surface area (Å²) in [6.07, 6.45) is 0.118. The molecule has 2 rings (SSSR count). The van der Waals surface area contributed by atoms with Crippen LogP contribution >= 0.6 is 0 Å². The van der Waals surface area contributed by atoms with Crippen LogP contribution < -0.4 is 19.5 Å². The van der Waals surface area contributed by atoms with Gasteiger partial charge in [0.05, 0.1) is 32.6 Å². The Morgan fingerprint density at radius 2 is 1.85 bits per heavy atom. The van der Waals surface area contributed by atoms with Crippen LogP contribution in [0.15, 0.2) is 29.3 Å². The zero-order valence-corrected chi connectivity index (χ0v) is 19.2. The SMILES string of the molecule is COCCCOCC(F)Cc1ncccc1S(=O)(=O)NC(=O)Nc1nc(OC)cc(OC)n1. The van der Waals surface area contributed by atoms with Crippen LogP contribution in [0.1, 0.15) is 12.1 Å². The van der Waals surface area contributed by atoms with E-state index < -0.39 is 22.2 Å². The molecule has 14 heteroatoms. The van der Waals surface area contributed by atoms with E-state index in [1.54, 1.807) is 7.11 Å². The van der Waals surface area contributed by atoms with Crippen molar-refractivity contribution in [3.63, 3.8) is 0 Å². The molecule has 2 amide bonds. The first-order valence-corrected chi connectivity index (χ1v) is 11.2. The summed E-state index contributed by atoms with van der Waals surface area (Å²) in [5.74, 6) is -0.0688. The Labute approximate surface area is 190 Å². The highest BCUT2D eigenvalue weighted by molar-refractivity contribution is 7.90. The molecule has 1 atom stereocenters. The van der Waals surface area contributed by atoms with Gasteiger partial charge in [0.15, 0.2) is 0 Å². The minimum Gasteiger partial charge on any atom is -0.481 e. The molecule has 0 aromatic carbocycles. The number of nitrogens with zero attached hydrogens (tertiary/aromatic N) is 3. The molecular formula is C19H26FN5O7S. The molecular weight excluding hydrogens is 461 g/mol. The Balaban J connectivity index is 2.05. The summed E-state index contributed by atoms with van der Waals surface area (Å²) in [7, 11) is -0.135. The van der Waals surface area contributed by atoms with Gasteiger partial charge in [0, 0.05) is 32.9 Å². The molecule has 0 radical (unpaired) electrons. The zero-order chi connectivity index (χ0) is 24.3. The number of alkyl halides is 1. The fraction of sp³-hybridized carbons (Fsp3) is 0.474. The van der Waals surface area contributed by atoms with E-state index in [4.69, 9.17) is 18.9 Å². The smallest absolute Gasteiger partial charge is 0.335 e. The third-order valence-electron chi connectivity index (χ3n) is 4.04. The van der Waals surface area contributed by atoms with Crippen molar-refractivity contribution >= 4 is 22.0 Å². The topological polar surface area (TPSA) is 151 Å². The Morgan fingerprint density at radius 1 is 1.15 bits per heavy atom. The van der Waals surface area contributed by atoms with Crippen molar-refractivity contribution in [1.29, 1.82) is 0 Å². The molecule has 2 aromatic rings. The Hall–Kier alpha value is -3.10. The Kier molecular flexibility index (Phi) is 10.2. The Bertz CT molecular complexity index is 1000. The van der Waals surface area contributed by atoms with Crippen LogP contribution in [0, 0.1) is 0 Å². The predicted molar refractivity (Wildman–Crippen MR) is 115 cm³/mol. The van der Waals surface area contributed by atoms with E-state index in [1.165, 1.54) is 38.6 Å². The van der Waals surface area contributed by atoms with Crippen molar-refractivity contribution in [3.05, 3.63) is 30.1 Å². The van der Waals surface area contributed by atoms with Gasteiger partial charge in [0.2, 0.25) is 17.7 Å². The molecule has 0 aliphatic heterocycles. The number of carbonyl (C=O) groups excluding carboxylic acids is 1. The van der Waals surface area contributed by atoms with E-state index in [2.05, 4.69) is 20.3 Å². The number of nitrogens with one attached hydrogen (secondary N) is 2. The average molecular weight is 488 g/mol. The molecule has 0 saturated heterocycles. The maximum absolute atomic E-state index is 14.3. The fourth-order valence-electron chi connectivity index (χ4n) is 2.58. The Morgan fingerprint density at radius 3 is 2.48 bits per heavy atom. The van der Waals surface area contributed by atoms with Crippen molar-refractivity contribution in [1.82, 2.24) is 19.7 Å². The number of urea groups is 1. The van der Waals surface area contributed by atoms with Crippen LogP contribution in [-0.2, 0) is 25.9 Å². The highest BCUT2D eigenvalue weighted by Gasteiger charge is 2.24. The standard InChI is InChI=1S/C19H26FN5O7S/c1-29-8-5-9-32-12-13(20)10-14-15(6-4-7-21-14)33(27,28)25-19(26)24-18-22-16(30-2)11-17(23-18)31-3/h4,6-7,11,13H,5,8-10,12H2,1-3H3,(H2,22,23,24,25,26).